The molecule has 1 N–H and O–H groups in total. The van der Waals surface area contributed by atoms with E-state index >= 15 is 0 Å². The van der Waals surface area contributed by atoms with Gasteiger partial charge in [0, 0.05) is 10.9 Å². The molecule has 7 heteroatoms. The highest BCUT2D eigenvalue weighted by Gasteiger charge is 2.22. The van der Waals surface area contributed by atoms with E-state index in [4.69, 9.17) is 0 Å². The molecule has 3 heterocycles. The number of imidazole rings is 1. The van der Waals surface area contributed by atoms with E-state index in [0.29, 0.717) is 9.84 Å². The summed E-state index contributed by atoms with van der Waals surface area (Å²) < 4.78 is 1.59. The molecule has 0 bridgehead atoms. The van der Waals surface area contributed by atoms with Crippen LogP contribution in [-0.2, 0) is 0 Å². The van der Waals surface area contributed by atoms with E-state index in [2.05, 4.69) is 24.1 Å². The zero-order valence-electron chi connectivity index (χ0n) is 16.1. The average Bonchev–Trinajstić information content (AvgIpc) is 3.27. The Morgan fingerprint density at radius 2 is 1.93 bits per heavy atom. The summed E-state index contributed by atoms with van der Waals surface area (Å²) in [6.07, 6.45) is 0. The van der Waals surface area contributed by atoms with E-state index in [1.54, 1.807) is 15.7 Å². The minimum Gasteiger partial charge on any atom is -0.343 e. The van der Waals surface area contributed by atoms with Crippen LogP contribution in [0.15, 0.2) is 40.5 Å². The maximum Gasteiger partial charge on any atom is 0.262 e. The highest BCUT2D eigenvalue weighted by molar-refractivity contribution is 7.18. The predicted molar refractivity (Wildman–Crippen MR) is 116 cm³/mol. The zero-order valence-corrected chi connectivity index (χ0v) is 17.8. The number of amides is 1. The van der Waals surface area contributed by atoms with E-state index in [1.165, 1.54) is 17.4 Å². The van der Waals surface area contributed by atoms with E-state index in [1.807, 2.05) is 43.5 Å². The Morgan fingerprint density at radius 3 is 2.61 bits per heavy atom. The monoisotopic (exact) mass is 411 g/mol. The molecule has 1 amide bonds. The van der Waals surface area contributed by atoms with Crippen LogP contribution in [0.2, 0.25) is 0 Å². The van der Waals surface area contributed by atoms with Gasteiger partial charge in [0.1, 0.15) is 4.88 Å². The molecule has 1 aromatic carbocycles. The summed E-state index contributed by atoms with van der Waals surface area (Å²) in [5.74, 6) is -0.000802. The molecule has 4 rings (SSSR count). The first-order valence-electron chi connectivity index (χ1n) is 9.13. The fourth-order valence-electron chi connectivity index (χ4n) is 3.26. The maximum atomic E-state index is 12.9. The van der Waals surface area contributed by atoms with E-state index in [-0.39, 0.29) is 23.4 Å². The number of fused-ring (bicyclic) bond motifs is 3. The van der Waals surface area contributed by atoms with E-state index < -0.39 is 0 Å². The van der Waals surface area contributed by atoms with Crippen LogP contribution in [0.5, 0.6) is 0 Å². The number of thiophene rings is 1. The Labute approximate surface area is 170 Å². The summed E-state index contributed by atoms with van der Waals surface area (Å²) in [5, 5.41) is 5.09. The Balaban J connectivity index is 1.76. The number of hydrogen-bond acceptors (Lipinski definition) is 5. The van der Waals surface area contributed by atoms with Gasteiger partial charge in [0.05, 0.1) is 17.1 Å². The first kappa shape index (κ1) is 18.8. The summed E-state index contributed by atoms with van der Waals surface area (Å²) in [6.45, 7) is 8.18. The molecular formula is C21H21N3O2S2. The number of benzene rings is 1. The molecule has 28 heavy (non-hydrogen) atoms. The Bertz CT molecular complexity index is 1240. The molecule has 0 spiro atoms. The number of rotatable bonds is 4. The van der Waals surface area contributed by atoms with Gasteiger partial charge in [-0.05, 0) is 54.5 Å². The van der Waals surface area contributed by atoms with Crippen molar-refractivity contribution in [1.29, 1.82) is 0 Å². The predicted octanol–water partition coefficient (Wildman–Crippen LogP) is 4.71. The molecule has 0 fully saturated rings. The number of aryl methyl sites for hydroxylation is 2. The first-order chi connectivity index (χ1) is 13.3. The number of nitrogens with one attached hydrogen (secondary N) is 1. The van der Waals surface area contributed by atoms with Crippen LogP contribution in [0.4, 0.5) is 0 Å². The van der Waals surface area contributed by atoms with Crippen LogP contribution < -0.4 is 10.9 Å². The number of carbonyl (C=O) groups is 1. The maximum absolute atomic E-state index is 12.9. The molecule has 0 aliphatic heterocycles. The van der Waals surface area contributed by atoms with Crippen molar-refractivity contribution in [2.24, 2.45) is 5.92 Å². The zero-order chi connectivity index (χ0) is 20.0. The third-order valence-electron chi connectivity index (χ3n) is 4.94. The van der Waals surface area contributed by atoms with Gasteiger partial charge >= 0.3 is 0 Å². The summed E-state index contributed by atoms with van der Waals surface area (Å²) >= 11 is 2.86. The summed E-state index contributed by atoms with van der Waals surface area (Å²) in [7, 11) is 0. The molecular weight excluding hydrogens is 390 g/mol. The van der Waals surface area contributed by atoms with Crippen molar-refractivity contribution in [2.45, 2.75) is 33.7 Å². The lowest BCUT2D eigenvalue weighted by molar-refractivity contribution is 0.0930. The van der Waals surface area contributed by atoms with Gasteiger partial charge in [-0.25, -0.2) is 4.98 Å². The Morgan fingerprint density at radius 1 is 1.18 bits per heavy atom. The first-order valence-corrected chi connectivity index (χ1v) is 10.8. The lowest BCUT2D eigenvalue weighted by atomic mass is 10.0. The van der Waals surface area contributed by atoms with Gasteiger partial charge in [-0.2, -0.15) is 0 Å². The van der Waals surface area contributed by atoms with Crippen LogP contribution in [0.25, 0.3) is 16.0 Å². The summed E-state index contributed by atoms with van der Waals surface area (Å²) in [5.41, 5.74) is 3.55. The third kappa shape index (κ3) is 3.25. The molecule has 0 aliphatic carbocycles. The smallest absolute Gasteiger partial charge is 0.262 e. The van der Waals surface area contributed by atoms with Crippen molar-refractivity contribution in [1.82, 2.24) is 14.7 Å². The number of nitrogens with zero attached hydrogens (tertiary/aromatic N) is 2. The topological polar surface area (TPSA) is 63.5 Å². The van der Waals surface area contributed by atoms with Gasteiger partial charge < -0.3 is 5.32 Å². The van der Waals surface area contributed by atoms with Gasteiger partial charge in [-0.15, -0.1) is 11.3 Å². The largest absolute Gasteiger partial charge is 0.343 e. The fraction of sp³-hybridized carbons (Fsp3) is 0.286. The number of carbonyl (C=O) groups excluding carboxylic acids is 1. The molecule has 4 aromatic rings. The quantitative estimate of drug-likeness (QED) is 0.529. The van der Waals surface area contributed by atoms with Crippen molar-refractivity contribution in [3.8, 4) is 0 Å². The summed E-state index contributed by atoms with van der Waals surface area (Å²) in [4.78, 5) is 32.3. The van der Waals surface area contributed by atoms with Gasteiger partial charge in [-0.3, -0.25) is 14.0 Å². The molecule has 0 aliphatic rings. The van der Waals surface area contributed by atoms with Crippen LogP contribution in [0, 0.1) is 19.8 Å². The van der Waals surface area contributed by atoms with Crippen molar-refractivity contribution < 1.29 is 4.79 Å². The average molecular weight is 412 g/mol. The molecule has 3 aromatic heterocycles. The van der Waals surface area contributed by atoms with Gasteiger partial charge in [-0.1, -0.05) is 31.3 Å². The second-order valence-electron chi connectivity index (χ2n) is 7.31. The minimum atomic E-state index is -0.240. The normalized spacial score (nSPS) is 12.8. The van der Waals surface area contributed by atoms with Crippen molar-refractivity contribution >= 4 is 44.6 Å². The van der Waals surface area contributed by atoms with Crippen molar-refractivity contribution in [3.05, 3.63) is 66.9 Å². The second kappa shape index (κ2) is 7.14. The lowest BCUT2D eigenvalue weighted by Crippen LogP contribution is -2.31. The number of hydrogen-bond donors (Lipinski definition) is 1. The van der Waals surface area contributed by atoms with Crippen molar-refractivity contribution in [2.75, 3.05) is 0 Å². The van der Waals surface area contributed by atoms with Crippen molar-refractivity contribution in [3.63, 3.8) is 0 Å². The fourth-order valence-corrected chi connectivity index (χ4v) is 5.14. The SMILES string of the molecule is Cc1cc2nc3sc(C(=O)N[C@@H](c4cccs4)C(C)C)cc(=O)n3c2cc1C. The number of aromatic nitrogens is 2. The highest BCUT2D eigenvalue weighted by atomic mass is 32.1. The second-order valence-corrected chi connectivity index (χ2v) is 9.30. The van der Waals surface area contributed by atoms with E-state index in [9.17, 15) is 9.59 Å². The van der Waals surface area contributed by atoms with Crippen LogP contribution in [-0.4, -0.2) is 15.3 Å². The molecule has 0 radical (unpaired) electrons. The van der Waals surface area contributed by atoms with Crippen LogP contribution >= 0.6 is 22.7 Å². The standard InChI is InChI=1S/C21H21N3O2S2/c1-11(2)19(16-6-5-7-27-16)23-20(26)17-10-18(25)24-15-9-13(4)12(3)8-14(15)22-21(24)28-17/h5-11,19H,1-4H3,(H,23,26)/t19-/m1/s1. The molecule has 0 saturated heterocycles. The third-order valence-corrected chi connectivity index (χ3v) is 6.88. The van der Waals surface area contributed by atoms with Gasteiger partial charge in [0.25, 0.3) is 11.5 Å². The molecule has 5 nitrogen and oxygen atoms in total. The van der Waals surface area contributed by atoms with Crippen LogP contribution in [0.1, 0.15) is 45.6 Å². The van der Waals surface area contributed by atoms with E-state index in [0.717, 1.165) is 27.0 Å². The highest BCUT2D eigenvalue weighted by Crippen LogP contribution is 2.27. The lowest BCUT2D eigenvalue weighted by Gasteiger charge is -2.21. The molecule has 1 atom stereocenters. The van der Waals surface area contributed by atoms with Crippen LogP contribution in [0.3, 0.4) is 0 Å². The molecule has 0 saturated carbocycles. The Kier molecular flexibility index (Phi) is 4.81. The molecule has 144 valence electrons. The Hall–Kier alpha value is -2.51. The molecule has 0 unspecified atom stereocenters. The van der Waals surface area contributed by atoms with Gasteiger partial charge in [0.2, 0.25) is 0 Å². The summed E-state index contributed by atoms with van der Waals surface area (Å²) in [6, 6.07) is 9.28. The minimum absolute atomic E-state index is 0.0878. The van der Waals surface area contributed by atoms with Gasteiger partial charge in [0.15, 0.2) is 4.96 Å².